The van der Waals surface area contributed by atoms with Gasteiger partial charge in [0, 0.05) is 6.08 Å². The van der Waals surface area contributed by atoms with E-state index >= 15 is 0 Å². The summed E-state index contributed by atoms with van der Waals surface area (Å²) in [5.41, 5.74) is 2.68. The number of rotatable bonds is 5. The van der Waals surface area contributed by atoms with E-state index in [2.05, 4.69) is 10.2 Å². The zero-order chi connectivity index (χ0) is 17.6. The monoisotopic (exact) mass is 354 g/mol. The maximum atomic E-state index is 11.8. The number of aromatic nitrogens is 2. The largest absolute Gasteiger partial charge is 0.452 e. The van der Waals surface area contributed by atoms with E-state index in [4.69, 9.17) is 20.8 Å². The smallest absolute Gasteiger partial charge is 0.331 e. The minimum Gasteiger partial charge on any atom is -0.452 e. The Bertz CT molecular complexity index is 918. The van der Waals surface area contributed by atoms with E-state index in [0.29, 0.717) is 10.6 Å². The number of nitrogens with zero attached hydrogens (tertiary/aromatic N) is 2. The van der Waals surface area contributed by atoms with Gasteiger partial charge in [-0.1, -0.05) is 53.6 Å². The Kier molecular flexibility index (Phi) is 5.26. The number of hydrogen-bond acceptors (Lipinski definition) is 5. The third-order valence-electron chi connectivity index (χ3n) is 3.36. The number of esters is 1. The van der Waals surface area contributed by atoms with Crippen LogP contribution < -0.4 is 0 Å². The highest BCUT2D eigenvalue weighted by molar-refractivity contribution is 6.33. The van der Waals surface area contributed by atoms with Crippen LogP contribution in [0, 0.1) is 6.92 Å². The Morgan fingerprint density at radius 3 is 2.84 bits per heavy atom. The second kappa shape index (κ2) is 7.77. The van der Waals surface area contributed by atoms with Gasteiger partial charge in [0.2, 0.25) is 5.89 Å². The van der Waals surface area contributed by atoms with Crippen LogP contribution >= 0.6 is 11.6 Å². The lowest BCUT2D eigenvalue weighted by molar-refractivity contribution is -0.139. The summed E-state index contributed by atoms with van der Waals surface area (Å²) in [6.07, 6.45) is 3.05. The lowest BCUT2D eigenvalue weighted by Crippen LogP contribution is -2.00. The first-order valence-electron chi connectivity index (χ1n) is 7.60. The molecule has 3 rings (SSSR count). The number of carbonyl (C=O) groups is 1. The first-order valence-corrected chi connectivity index (χ1v) is 7.98. The molecule has 1 heterocycles. The standard InChI is InChI=1S/C19H15ClN2O3/c1-13-5-4-6-14(11-13)9-10-18(23)24-12-17-21-22-19(25-17)15-7-2-3-8-16(15)20/h2-11H,12H2,1H3. The van der Waals surface area contributed by atoms with Crippen LogP contribution in [0.1, 0.15) is 17.0 Å². The van der Waals surface area contributed by atoms with Gasteiger partial charge in [-0.15, -0.1) is 10.2 Å². The highest BCUT2D eigenvalue weighted by Gasteiger charge is 2.12. The van der Waals surface area contributed by atoms with Gasteiger partial charge in [-0.3, -0.25) is 0 Å². The Labute approximate surface area is 149 Å². The topological polar surface area (TPSA) is 65.2 Å². The van der Waals surface area contributed by atoms with Crippen molar-refractivity contribution in [3.63, 3.8) is 0 Å². The van der Waals surface area contributed by atoms with Gasteiger partial charge in [-0.25, -0.2) is 4.79 Å². The highest BCUT2D eigenvalue weighted by atomic mass is 35.5. The van der Waals surface area contributed by atoms with E-state index in [1.165, 1.54) is 6.08 Å². The van der Waals surface area contributed by atoms with Crippen LogP contribution in [0.25, 0.3) is 17.5 Å². The maximum absolute atomic E-state index is 11.8. The molecule has 1 aromatic heterocycles. The van der Waals surface area contributed by atoms with Crippen LogP contribution in [0.2, 0.25) is 5.02 Å². The van der Waals surface area contributed by atoms with Gasteiger partial charge in [-0.05, 0) is 30.7 Å². The van der Waals surface area contributed by atoms with Gasteiger partial charge >= 0.3 is 5.97 Å². The Balaban J connectivity index is 1.59. The number of halogens is 1. The van der Waals surface area contributed by atoms with Crippen LogP contribution in [0.3, 0.4) is 0 Å². The molecule has 0 spiro atoms. The molecule has 0 unspecified atom stereocenters. The van der Waals surface area contributed by atoms with Crippen molar-refractivity contribution in [3.05, 3.63) is 76.6 Å². The summed E-state index contributed by atoms with van der Waals surface area (Å²) < 4.78 is 10.6. The minimum absolute atomic E-state index is 0.103. The summed E-state index contributed by atoms with van der Waals surface area (Å²) in [6.45, 7) is 1.89. The quantitative estimate of drug-likeness (QED) is 0.500. The van der Waals surface area contributed by atoms with Crippen molar-refractivity contribution in [2.24, 2.45) is 0 Å². The Morgan fingerprint density at radius 2 is 2.04 bits per heavy atom. The van der Waals surface area contributed by atoms with Gasteiger partial charge in [-0.2, -0.15) is 0 Å². The summed E-state index contributed by atoms with van der Waals surface area (Å²) >= 11 is 6.08. The van der Waals surface area contributed by atoms with Crippen molar-refractivity contribution >= 4 is 23.6 Å². The molecule has 0 amide bonds. The van der Waals surface area contributed by atoms with Crippen molar-refractivity contribution in [1.82, 2.24) is 10.2 Å². The molecule has 2 aromatic carbocycles. The summed E-state index contributed by atoms with van der Waals surface area (Å²) in [6, 6.07) is 14.9. The van der Waals surface area contributed by atoms with Gasteiger partial charge in [0.15, 0.2) is 6.61 Å². The summed E-state index contributed by atoms with van der Waals surface area (Å²) in [7, 11) is 0. The van der Waals surface area contributed by atoms with Crippen LogP contribution in [-0.4, -0.2) is 16.2 Å². The normalized spacial score (nSPS) is 11.0. The molecule has 0 atom stereocenters. The van der Waals surface area contributed by atoms with E-state index in [0.717, 1.165) is 11.1 Å². The van der Waals surface area contributed by atoms with E-state index in [9.17, 15) is 4.79 Å². The van der Waals surface area contributed by atoms with E-state index in [1.54, 1.807) is 18.2 Å². The molecule has 0 saturated heterocycles. The zero-order valence-electron chi connectivity index (χ0n) is 13.5. The summed E-state index contributed by atoms with van der Waals surface area (Å²) in [5.74, 6) is -0.00169. The molecule has 0 aliphatic carbocycles. The minimum atomic E-state index is -0.487. The van der Waals surface area contributed by atoms with Crippen molar-refractivity contribution in [2.45, 2.75) is 13.5 Å². The number of ether oxygens (including phenoxy) is 1. The van der Waals surface area contributed by atoms with Gasteiger partial charge < -0.3 is 9.15 Å². The number of aryl methyl sites for hydroxylation is 1. The fraction of sp³-hybridized carbons (Fsp3) is 0.105. The lowest BCUT2D eigenvalue weighted by Gasteiger charge is -1.99. The van der Waals surface area contributed by atoms with Crippen LogP contribution in [0.5, 0.6) is 0 Å². The third-order valence-corrected chi connectivity index (χ3v) is 3.69. The SMILES string of the molecule is Cc1cccc(C=CC(=O)OCc2nnc(-c3ccccc3Cl)o2)c1. The molecule has 25 heavy (non-hydrogen) atoms. The summed E-state index contributed by atoms with van der Waals surface area (Å²) in [4.78, 5) is 11.8. The number of hydrogen-bond donors (Lipinski definition) is 0. The molecule has 126 valence electrons. The van der Waals surface area contributed by atoms with Gasteiger partial charge in [0.1, 0.15) is 0 Å². The second-order valence-corrected chi connectivity index (χ2v) is 5.74. The molecule has 6 heteroatoms. The maximum Gasteiger partial charge on any atom is 0.331 e. The van der Waals surface area contributed by atoms with Crippen molar-refractivity contribution in [1.29, 1.82) is 0 Å². The number of carbonyl (C=O) groups excluding carboxylic acids is 1. The second-order valence-electron chi connectivity index (χ2n) is 5.34. The molecule has 0 N–H and O–H groups in total. The molecule has 3 aromatic rings. The van der Waals surface area contributed by atoms with E-state index < -0.39 is 5.97 Å². The Hall–Kier alpha value is -2.92. The van der Waals surface area contributed by atoms with Crippen molar-refractivity contribution in [3.8, 4) is 11.5 Å². The molecule has 0 saturated carbocycles. The average Bonchev–Trinajstić information content (AvgIpc) is 3.07. The molecule has 0 fully saturated rings. The molecule has 0 aliphatic heterocycles. The van der Waals surface area contributed by atoms with Gasteiger partial charge in [0.25, 0.3) is 5.89 Å². The van der Waals surface area contributed by atoms with Crippen LogP contribution in [0.15, 0.2) is 59.0 Å². The van der Waals surface area contributed by atoms with E-state index in [1.807, 2.05) is 43.3 Å². The van der Waals surface area contributed by atoms with Crippen LogP contribution in [-0.2, 0) is 16.1 Å². The highest BCUT2D eigenvalue weighted by Crippen LogP contribution is 2.26. The average molecular weight is 355 g/mol. The number of benzene rings is 2. The van der Waals surface area contributed by atoms with E-state index in [-0.39, 0.29) is 18.4 Å². The van der Waals surface area contributed by atoms with Crippen molar-refractivity contribution < 1.29 is 13.9 Å². The summed E-state index contributed by atoms with van der Waals surface area (Å²) in [5, 5.41) is 8.29. The predicted molar refractivity (Wildman–Crippen MR) is 94.8 cm³/mol. The molecule has 0 aliphatic rings. The van der Waals surface area contributed by atoms with Crippen LogP contribution in [0.4, 0.5) is 0 Å². The first-order chi connectivity index (χ1) is 12.1. The third kappa shape index (κ3) is 4.55. The molecular weight excluding hydrogens is 340 g/mol. The fourth-order valence-electron chi connectivity index (χ4n) is 2.17. The molecule has 0 radical (unpaired) electrons. The van der Waals surface area contributed by atoms with Gasteiger partial charge in [0.05, 0.1) is 10.6 Å². The Morgan fingerprint density at radius 1 is 1.20 bits per heavy atom. The fourth-order valence-corrected chi connectivity index (χ4v) is 2.39. The molecular formula is C19H15ClN2O3. The zero-order valence-corrected chi connectivity index (χ0v) is 14.2. The lowest BCUT2D eigenvalue weighted by atomic mass is 10.1. The van der Waals surface area contributed by atoms with Crippen molar-refractivity contribution in [2.75, 3.05) is 0 Å². The predicted octanol–water partition coefficient (Wildman–Crippen LogP) is 4.46. The molecule has 0 bridgehead atoms. The first kappa shape index (κ1) is 16.9. The molecule has 5 nitrogen and oxygen atoms in total.